The number of hydrogen-bond donors (Lipinski definition) is 5. The SMILES string of the molecule is COc1cc([C@@H]2[C@@H]3CO[C@]4(O)C(=O)[C@H]5C=C([C@@H]6Oc7cc(O)cc(O)c7C(=O)[C@@H]6O)[C@]52[C@@H]34)ccc1O. The van der Waals surface area contributed by atoms with Gasteiger partial charge in [-0.25, -0.2) is 0 Å². The highest BCUT2D eigenvalue weighted by Crippen LogP contribution is 2.82. The molecule has 186 valence electrons. The minimum atomic E-state index is -1.98. The van der Waals surface area contributed by atoms with Gasteiger partial charge in [0.25, 0.3) is 0 Å². The van der Waals surface area contributed by atoms with Crippen molar-refractivity contribution < 1.29 is 49.3 Å². The van der Waals surface area contributed by atoms with Crippen molar-refractivity contribution in [1.82, 2.24) is 0 Å². The van der Waals surface area contributed by atoms with Crippen LogP contribution in [0.25, 0.3) is 0 Å². The first-order chi connectivity index (χ1) is 17.1. The van der Waals surface area contributed by atoms with Gasteiger partial charge in [0.15, 0.2) is 29.5 Å². The van der Waals surface area contributed by atoms with Crippen LogP contribution in [0.1, 0.15) is 21.8 Å². The molecule has 0 unspecified atom stereocenters. The van der Waals surface area contributed by atoms with E-state index in [1.165, 1.54) is 19.2 Å². The molecule has 1 saturated heterocycles. The van der Waals surface area contributed by atoms with Crippen LogP contribution < -0.4 is 9.47 Å². The summed E-state index contributed by atoms with van der Waals surface area (Å²) in [6.07, 6.45) is -1.28. The molecule has 0 bridgehead atoms. The summed E-state index contributed by atoms with van der Waals surface area (Å²) in [5.41, 5.74) is 0.00314. The van der Waals surface area contributed by atoms with E-state index in [1.807, 2.05) is 0 Å². The molecule has 0 amide bonds. The monoisotopic (exact) mass is 494 g/mol. The maximum absolute atomic E-state index is 13.3. The molecule has 36 heavy (non-hydrogen) atoms. The van der Waals surface area contributed by atoms with Crippen LogP contribution >= 0.6 is 0 Å². The number of aliphatic hydroxyl groups excluding tert-OH is 1. The second kappa shape index (κ2) is 6.58. The zero-order valence-electron chi connectivity index (χ0n) is 18.9. The molecule has 5 aliphatic rings. The van der Waals surface area contributed by atoms with Crippen molar-refractivity contribution in [3.63, 3.8) is 0 Å². The number of fused-ring (bicyclic) bond motifs is 1. The molecular formula is C26H22O10. The first-order valence-corrected chi connectivity index (χ1v) is 11.6. The van der Waals surface area contributed by atoms with E-state index in [4.69, 9.17) is 14.2 Å². The van der Waals surface area contributed by atoms with Gasteiger partial charge < -0.3 is 39.7 Å². The number of carbonyl (C=O) groups excluding carboxylic acids is 2. The van der Waals surface area contributed by atoms with Crippen molar-refractivity contribution in [2.45, 2.75) is 23.9 Å². The number of allylic oxidation sites excluding steroid dienone is 1. The second-order valence-corrected chi connectivity index (χ2v) is 10.1. The van der Waals surface area contributed by atoms with E-state index in [-0.39, 0.29) is 47.0 Å². The lowest BCUT2D eigenvalue weighted by atomic mass is 9.37. The van der Waals surface area contributed by atoms with Gasteiger partial charge in [-0.1, -0.05) is 12.1 Å². The highest BCUT2D eigenvalue weighted by molar-refractivity contribution is 6.06. The molecule has 1 spiro atoms. The largest absolute Gasteiger partial charge is 0.508 e. The van der Waals surface area contributed by atoms with Crippen LogP contribution in [-0.2, 0) is 9.53 Å². The number of Topliss-reactive ketones (excluding diaryl/α,β-unsaturated/α-hetero) is 2. The number of phenols is 3. The fourth-order valence-corrected chi connectivity index (χ4v) is 7.53. The molecule has 3 aliphatic carbocycles. The van der Waals surface area contributed by atoms with Crippen molar-refractivity contribution >= 4 is 11.6 Å². The highest BCUT2D eigenvalue weighted by atomic mass is 16.6. The van der Waals surface area contributed by atoms with Gasteiger partial charge in [0.1, 0.15) is 22.8 Å². The van der Waals surface area contributed by atoms with Gasteiger partial charge in [0.05, 0.1) is 19.6 Å². The maximum Gasteiger partial charge on any atom is 0.231 e. The molecule has 2 aromatic carbocycles. The van der Waals surface area contributed by atoms with Gasteiger partial charge in [0, 0.05) is 29.4 Å². The van der Waals surface area contributed by atoms with Crippen LogP contribution in [0.2, 0.25) is 0 Å². The molecule has 2 aromatic rings. The predicted octanol–water partition coefficient (Wildman–Crippen LogP) is 0.990. The van der Waals surface area contributed by atoms with E-state index in [0.29, 0.717) is 5.57 Å². The van der Waals surface area contributed by atoms with Crippen molar-refractivity contribution in [2.75, 3.05) is 13.7 Å². The Hall–Kier alpha value is -3.60. The number of phenolic OH excluding ortho intramolecular Hbond substituents is 3. The standard InChI is InChI=1S/C26H22O10/c1-34-16-4-9(2-3-14(16)28)19-11-8-35-26(33)23(11)25(19)12(7-13(25)24(26)32)22-21(31)20(30)18-15(29)5-10(27)6-17(18)36-22/h2-7,11,13,19,21-23,27-29,31,33H,8H2,1H3/t11-,13+,19+,21-,22-,23+,25-,26-/m0/s1. The molecule has 10 nitrogen and oxygen atoms in total. The molecule has 2 heterocycles. The normalized spacial score (nSPS) is 39.2. The van der Waals surface area contributed by atoms with E-state index < -0.39 is 52.6 Å². The molecule has 7 rings (SSSR count). The summed E-state index contributed by atoms with van der Waals surface area (Å²) < 4.78 is 16.9. The van der Waals surface area contributed by atoms with Crippen LogP contribution in [0.5, 0.6) is 28.7 Å². The average Bonchev–Trinajstić information content (AvgIpc) is 3.15. The lowest BCUT2D eigenvalue weighted by Gasteiger charge is -2.64. The van der Waals surface area contributed by atoms with Crippen LogP contribution in [0.15, 0.2) is 42.0 Å². The summed E-state index contributed by atoms with van der Waals surface area (Å²) in [6.45, 7) is 0.139. The Bertz CT molecular complexity index is 1410. The number of benzene rings is 2. The molecule has 5 N–H and O–H groups in total. The lowest BCUT2D eigenvalue weighted by molar-refractivity contribution is -0.199. The summed E-state index contributed by atoms with van der Waals surface area (Å²) in [7, 11) is 1.43. The number of methoxy groups -OCH3 is 1. The summed E-state index contributed by atoms with van der Waals surface area (Å²) in [4.78, 5) is 26.4. The van der Waals surface area contributed by atoms with Crippen LogP contribution in [0.4, 0.5) is 0 Å². The molecule has 0 aromatic heterocycles. The topological polar surface area (TPSA) is 163 Å². The van der Waals surface area contributed by atoms with E-state index in [2.05, 4.69) is 0 Å². The van der Waals surface area contributed by atoms with E-state index in [9.17, 15) is 35.1 Å². The smallest absolute Gasteiger partial charge is 0.231 e. The molecular weight excluding hydrogens is 472 g/mol. The van der Waals surface area contributed by atoms with Crippen LogP contribution in [0, 0.1) is 23.2 Å². The fourth-order valence-electron chi connectivity index (χ4n) is 7.53. The fraction of sp³-hybridized carbons (Fsp3) is 0.385. The zero-order valence-corrected chi connectivity index (χ0v) is 18.9. The Balaban J connectivity index is 1.37. The van der Waals surface area contributed by atoms with Crippen molar-refractivity contribution in [3.05, 3.63) is 53.1 Å². The third-order valence-electron chi connectivity index (χ3n) is 8.79. The Morgan fingerprint density at radius 1 is 1.08 bits per heavy atom. The van der Waals surface area contributed by atoms with Gasteiger partial charge in [-0.2, -0.15) is 0 Å². The van der Waals surface area contributed by atoms with E-state index in [0.717, 1.165) is 11.6 Å². The minimum Gasteiger partial charge on any atom is -0.508 e. The number of hydrogen-bond acceptors (Lipinski definition) is 10. The van der Waals surface area contributed by atoms with Gasteiger partial charge >= 0.3 is 0 Å². The first kappa shape index (κ1) is 21.7. The summed E-state index contributed by atoms with van der Waals surface area (Å²) in [5.74, 6) is -5.89. The number of carbonyl (C=O) groups is 2. The van der Waals surface area contributed by atoms with E-state index in [1.54, 1.807) is 18.2 Å². The second-order valence-electron chi connectivity index (χ2n) is 10.1. The van der Waals surface area contributed by atoms with Gasteiger partial charge in [-0.15, -0.1) is 0 Å². The Kier molecular flexibility index (Phi) is 3.96. The molecule has 2 saturated carbocycles. The van der Waals surface area contributed by atoms with Crippen molar-refractivity contribution in [3.8, 4) is 28.7 Å². The number of rotatable bonds is 3. The van der Waals surface area contributed by atoms with Gasteiger partial charge in [-0.05, 0) is 29.2 Å². The zero-order chi connectivity index (χ0) is 25.3. The molecule has 2 aliphatic heterocycles. The quantitative estimate of drug-likeness (QED) is 0.389. The predicted molar refractivity (Wildman–Crippen MR) is 119 cm³/mol. The molecule has 8 atom stereocenters. The maximum atomic E-state index is 13.3. The third kappa shape index (κ3) is 2.20. The average molecular weight is 494 g/mol. The van der Waals surface area contributed by atoms with Crippen molar-refractivity contribution in [2.24, 2.45) is 23.2 Å². The summed E-state index contributed by atoms with van der Waals surface area (Å²) in [5, 5.41) is 52.4. The molecule has 0 radical (unpaired) electrons. The molecule has 10 heteroatoms. The van der Waals surface area contributed by atoms with Gasteiger partial charge in [0.2, 0.25) is 11.6 Å². The summed E-state index contributed by atoms with van der Waals surface area (Å²) >= 11 is 0. The highest BCUT2D eigenvalue weighted by Gasteiger charge is 2.87. The number of aromatic hydroxyl groups is 3. The van der Waals surface area contributed by atoms with E-state index >= 15 is 0 Å². The first-order valence-electron chi connectivity index (χ1n) is 11.6. The number of ether oxygens (including phenoxy) is 3. The summed E-state index contributed by atoms with van der Waals surface area (Å²) in [6, 6.07) is 7.05. The van der Waals surface area contributed by atoms with Gasteiger partial charge in [-0.3, -0.25) is 9.59 Å². The lowest BCUT2D eigenvalue weighted by Crippen LogP contribution is -2.65. The third-order valence-corrected chi connectivity index (χ3v) is 8.79. The number of ketones is 2. The minimum absolute atomic E-state index is 0.0509. The van der Waals surface area contributed by atoms with Crippen LogP contribution in [0.3, 0.4) is 0 Å². The Labute approximate surface area is 204 Å². The molecule has 3 fully saturated rings. The number of aliphatic hydroxyl groups is 2. The van der Waals surface area contributed by atoms with Crippen LogP contribution in [-0.4, -0.2) is 68.8 Å². The Morgan fingerprint density at radius 2 is 1.86 bits per heavy atom. The van der Waals surface area contributed by atoms with Crippen molar-refractivity contribution in [1.29, 1.82) is 0 Å². The Morgan fingerprint density at radius 3 is 2.61 bits per heavy atom.